The molecule has 0 saturated carbocycles. The zero-order chi connectivity index (χ0) is 15.9. The molecule has 114 valence electrons. The lowest BCUT2D eigenvalue weighted by Gasteiger charge is -2.09. The van der Waals surface area contributed by atoms with Gasteiger partial charge in [0, 0.05) is 24.2 Å². The first kappa shape index (κ1) is 14.8. The van der Waals surface area contributed by atoms with E-state index in [2.05, 4.69) is 9.97 Å². The molecule has 0 amide bonds. The molecular weight excluding hydrogens is 319 g/mol. The second kappa shape index (κ2) is 5.26. The number of hydrogen-bond acceptors (Lipinski definition) is 3. The van der Waals surface area contributed by atoms with Gasteiger partial charge in [0.1, 0.15) is 0 Å². The average Bonchev–Trinajstić information content (AvgIpc) is 2.86. The van der Waals surface area contributed by atoms with Gasteiger partial charge in [-0.2, -0.15) is 13.2 Å². The summed E-state index contributed by atoms with van der Waals surface area (Å²) in [5.41, 5.74) is 0.389. The monoisotopic (exact) mass is 327 g/mol. The molecule has 3 heterocycles. The normalized spacial score (nSPS) is 12.0. The Bertz CT molecular complexity index is 831. The number of aliphatic hydroxyl groups is 1. The molecule has 0 saturated heterocycles. The van der Waals surface area contributed by atoms with Crippen molar-refractivity contribution in [3.8, 4) is 11.3 Å². The molecule has 8 heteroatoms. The zero-order valence-electron chi connectivity index (χ0n) is 11.0. The van der Waals surface area contributed by atoms with Crippen molar-refractivity contribution in [2.24, 2.45) is 0 Å². The third-order valence-corrected chi connectivity index (χ3v) is 3.46. The largest absolute Gasteiger partial charge is 0.417 e. The number of hydrogen-bond donors (Lipinski definition) is 1. The molecule has 3 aromatic heterocycles. The molecule has 0 atom stereocenters. The molecule has 0 bridgehead atoms. The summed E-state index contributed by atoms with van der Waals surface area (Å²) in [4.78, 5) is 8.18. The van der Waals surface area contributed by atoms with E-state index >= 15 is 0 Å². The van der Waals surface area contributed by atoms with Gasteiger partial charge in [0.25, 0.3) is 0 Å². The summed E-state index contributed by atoms with van der Waals surface area (Å²) in [5.74, 6) is 0. The molecule has 0 aromatic carbocycles. The summed E-state index contributed by atoms with van der Waals surface area (Å²) in [6.07, 6.45) is -0.588. The second-order valence-corrected chi connectivity index (χ2v) is 4.98. The highest BCUT2D eigenvalue weighted by Gasteiger charge is 2.32. The van der Waals surface area contributed by atoms with Crippen molar-refractivity contribution >= 4 is 17.2 Å². The summed E-state index contributed by atoms with van der Waals surface area (Å²) in [7, 11) is 0. The number of imidazole rings is 1. The van der Waals surface area contributed by atoms with Crippen molar-refractivity contribution in [1.29, 1.82) is 0 Å². The molecule has 3 rings (SSSR count). The lowest BCUT2D eigenvalue weighted by atomic mass is 10.2. The van der Waals surface area contributed by atoms with Crippen molar-refractivity contribution < 1.29 is 18.3 Å². The van der Waals surface area contributed by atoms with Crippen LogP contribution in [0, 0.1) is 0 Å². The molecule has 0 radical (unpaired) electrons. The van der Waals surface area contributed by atoms with E-state index in [9.17, 15) is 18.3 Å². The highest BCUT2D eigenvalue weighted by atomic mass is 35.5. The van der Waals surface area contributed by atoms with Gasteiger partial charge in [0.05, 0.1) is 28.6 Å². The smallest absolute Gasteiger partial charge is 0.390 e. The van der Waals surface area contributed by atoms with E-state index in [0.29, 0.717) is 11.3 Å². The fourth-order valence-corrected chi connectivity index (χ4v) is 2.44. The average molecular weight is 328 g/mol. The molecule has 1 N–H and O–H groups in total. The maximum atomic E-state index is 12.9. The molecule has 0 aliphatic heterocycles. The zero-order valence-corrected chi connectivity index (χ0v) is 11.7. The summed E-state index contributed by atoms with van der Waals surface area (Å²) in [6, 6.07) is 4.19. The molecule has 0 spiro atoms. The molecule has 0 unspecified atom stereocenters. The van der Waals surface area contributed by atoms with E-state index in [1.165, 1.54) is 6.20 Å². The molecule has 0 aliphatic carbocycles. The van der Waals surface area contributed by atoms with Crippen LogP contribution in [0.15, 0.2) is 36.8 Å². The number of halogens is 4. The first-order valence-electron chi connectivity index (χ1n) is 6.20. The predicted octanol–water partition coefficient (Wildman–Crippen LogP) is 3.56. The standard InChI is InChI=1S/C14H9ClF3N3O/c15-10-4-9(14(16,17)18)6-21-11(7-22)12(20-13(10)21)8-2-1-3-19-5-8/h1-6,22H,7H2. The van der Waals surface area contributed by atoms with E-state index in [0.717, 1.165) is 16.7 Å². The first-order valence-corrected chi connectivity index (χ1v) is 6.58. The molecule has 0 fully saturated rings. The number of aromatic nitrogens is 3. The van der Waals surface area contributed by atoms with Crippen molar-refractivity contribution in [3.05, 3.63) is 53.1 Å². The van der Waals surface area contributed by atoms with Crippen LogP contribution in [0.25, 0.3) is 16.9 Å². The maximum absolute atomic E-state index is 12.9. The van der Waals surface area contributed by atoms with Gasteiger partial charge in [0.15, 0.2) is 5.65 Å². The van der Waals surface area contributed by atoms with Crippen LogP contribution in [-0.2, 0) is 12.8 Å². The van der Waals surface area contributed by atoms with Crippen LogP contribution in [-0.4, -0.2) is 19.5 Å². The Morgan fingerprint density at radius 3 is 2.68 bits per heavy atom. The number of aliphatic hydroxyl groups excluding tert-OH is 1. The minimum atomic E-state index is -4.54. The molecule has 4 nitrogen and oxygen atoms in total. The summed E-state index contributed by atoms with van der Waals surface area (Å²) < 4.78 is 39.8. The number of alkyl halides is 3. The van der Waals surface area contributed by atoms with E-state index in [4.69, 9.17) is 11.6 Å². The Hall–Kier alpha value is -2.12. The van der Waals surface area contributed by atoms with Gasteiger partial charge in [-0.05, 0) is 18.2 Å². The summed E-state index contributed by atoms with van der Waals surface area (Å²) >= 11 is 5.92. The SMILES string of the molecule is OCc1c(-c2cccnc2)nc2c(Cl)cc(C(F)(F)F)cn12. The highest BCUT2D eigenvalue weighted by Crippen LogP contribution is 2.34. The first-order chi connectivity index (χ1) is 10.4. The fraction of sp³-hybridized carbons (Fsp3) is 0.143. The van der Waals surface area contributed by atoms with Crippen molar-refractivity contribution in [1.82, 2.24) is 14.4 Å². The lowest BCUT2D eigenvalue weighted by Crippen LogP contribution is -2.07. The van der Waals surface area contributed by atoms with Crippen LogP contribution < -0.4 is 0 Å². The fourth-order valence-electron chi connectivity index (χ4n) is 2.19. The van der Waals surface area contributed by atoms with E-state index < -0.39 is 18.3 Å². The lowest BCUT2D eigenvalue weighted by molar-refractivity contribution is -0.137. The van der Waals surface area contributed by atoms with Crippen molar-refractivity contribution in [3.63, 3.8) is 0 Å². The van der Waals surface area contributed by atoms with Gasteiger partial charge < -0.3 is 5.11 Å². The van der Waals surface area contributed by atoms with Gasteiger partial charge >= 0.3 is 6.18 Å². The Morgan fingerprint density at radius 2 is 2.09 bits per heavy atom. The topological polar surface area (TPSA) is 50.4 Å². The van der Waals surface area contributed by atoms with Crippen LogP contribution in [0.3, 0.4) is 0 Å². The Balaban J connectivity index is 2.31. The highest BCUT2D eigenvalue weighted by molar-refractivity contribution is 6.33. The van der Waals surface area contributed by atoms with E-state index in [1.54, 1.807) is 18.3 Å². The van der Waals surface area contributed by atoms with Gasteiger partial charge in [0.2, 0.25) is 0 Å². The van der Waals surface area contributed by atoms with E-state index in [1.807, 2.05) is 0 Å². The predicted molar refractivity (Wildman–Crippen MR) is 74.4 cm³/mol. The Kier molecular flexibility index (Phi) is 3.54. The number of fused-ring (bicyclic) bond motifs is 1. The van der Waals surface area contributed by atoms with Gasteiger partial charge in [-0.25, -0.2) is 4.98 Å². The van der Waals surface area contributed by atoms with Crippen LogP contribution in [0.1, 0.15) is 11.3 Å². The van der Waals surface area contributed by atoms with Crippen LogP contribution in [0.2, 0.25) is 5.02 Å². The summed E-state index contributed by atoms with van der Waals surface area (Å²) in [6.45, 7) is -0.483. The van der Waals surface area contributed by atoms with Gasteiger partial charge in [-0.15, -0.1) is 0 Å². The molecule has 22 heavy (non-hydrogen) atoms. The molecular formula is C14H9ClF3N3O. The molecule has 0 aliphatic rings. The third kappa shape index (κ3) is 2.42. The summed E-state index contributed by atoms with van der Waals surface area (Å²) in [5, 5.41) is 9.41. The van der Waals surface area contributed by atoms with Gasteiger partial charge in [-0.3, -0.25) is 9.38 Å². The van der Waals surface area contributed by atoms with Crippen molar-refractivity contribution in [2.45, 2.75) is 12.8 Å². The maximum Gasteiger partial charge on any atom is 0.417 e. The minimum Gasteiger partial charge on any atom is -0.390 e. The van der Waals surface area contributed by atoms with Crippen LogP contribution >= 0.6 is 11.6 Å². The second-order valence-electron chi connectivity index (χ2n) is 4.58. The Morgan fingerprint density at radius 1 is 1.32 bits per heavy atom. The molecule has 3 aromatic rings. The van der Waals surface area contributed by atoms with Crippen LogP contribution in [0.4, 0.5) is 13.2 Å². The minimum absolute atomic E-state index is 0.139. The van der Waals surface area contributed by atoms with Crippen molar-refractivity contribution in [2.75, 3.05) is 0 Å². The number of pyridine rings is 2. The Labute approximate surface area is 127 Å². The third-order valence-electron chi connectivity index (χ3n) is 3.19. The quantitative estimate of drug-likeness (QED) is 0.783. The number of nitrogens with zero attached hydrogens (tertiary/aromatic N) is 3. The van der Waals surface area contributed by atoms with Gasteiger partial charge in [-0.1, -0.05) is 11.6 Å². The number of rotatable bonds is 2. The van der Waals surface area contributed by atoms with E-state index in [-0.39, 0.29) is 16.4 Å². The van der Waals surface area contributed by atoms with Crippen LogP contribution in [0.5, 0.6) is 0 Å².